The third kappa shape index (κ3) is 6.15. The molecule has 0 bridgehead atoms. The van der Waals surface area contributed by atoms with E-state index in [2.05, 4.69) is 26.1 Å². The average Bonchev–Trinajstić information content (AvgIpc) is 3.58. The molecule has 1 aromatic heterocycles. The van der Waals surface area contributed by atoms with Crippen LogP contribution in [-0.4, -0.2) is 124 Å². The van der Waals surface area contributed by atoms with Crippen molar-refractivity contribution in [3.8, 4) is 11.5 Å². The highest BCUT2D eigenvalue weighted by atomic mass is 32.2. The molecule has 2 fully saturated rings. The number of imide groups is 1. The molecule has 248 valence electrons. The van der Waals surface area contributed by atoms with E-state index in [0.29, 0.717) is 14.8 Å². The number of hydrogen-bond donors (Lipinski definition) is 6. The van der Waals surface area contributed by atoms with Crippen LogP contribution >= 0.6 is 34.9 Å². The van der Waals surface area contributed by atoms with Crippen LogP contribution in [0.4, 0.5) is 4.79 Å². The molecule has 3 aliphatic heterocycles. The molecule has 2 saturated heterocycles. The Morgan fingerprint density at radius 1 is 1.17 bits per heavy atom. The summed E-state index contributed by atoms with van der Waals surface area (Å²) >= 11 is 3.55. The van der Waals surface area contributed by atoms with Crippen molar-refractivity contribution < 1.29 is 48.9 Å². The summed E-state index contributed by atoms with van der Waals surface area (Å²) in [6.45, 7) is 1.74. The number of carboxylic acids is 1. The molecular formula is C26H26N8O10S3. The minimum atomic E-state index is -2.16. The Morgan fingerprint density at radius 3 is 2.57 bits per heavy atom. The minimum absolute atomic E-state index is 0.0433. The monoisotopic (exact) mass is 706 g/mol. The van der Waals surface area contributed by atoms with Crippen LogP contribution < -0.4 is 16.0 Å². The van der Waals surface area contributed by atoms with Gasteiger partial charge in [0.25, 0.3) is 5.91 Å². The second kappa shape index (κ2) is 13.5. The van der Waals surface area contributed by atoms with Crippen LogP contribution in [0.25, 0.3) is 0 Å². The number of thioether (sulfide) groups is 2. The second-order valence-electron chi connectivity index (χ2n) is 10.1. The van der Waals surface area contributed by atoms with E-state index in [1.165, 1.54) is 39.6 Å². The molecule has 3 aliphatic rings. The van der Waals surface area contributed by atoms with Crippen LogP contribution in [0.15, 0.2) is 39.3 Å². The van der Waals surface area contributed by atoms with Crippen molar-refractivity contribution in [2.75, 3.05) is 31.1 Å². The molecule has 0 spiro atoms. The molecule has 18 nitrogen and oxygen atoms in total. The number of carbonyl (C=O) groups excluding carboxylic acids is 6. The lowest BCUT2D eigenvalue weighted by Gasteiger charge is -2.56. The number of nitrogens with zero attached hydrogens (tertiary/aromatic N) is 5. The van der Waals surface area contributed by atoms with Crippen LogP contribution in [0.2, 0.25) is 0 Å². The number of phenols is 2. The number of carboxylic acid groups (broad SMARTS) is 1. The van der Waals surface area contributed by atoms with Gasteiger partial charge in [-0.1, -0.05) is 29.2 Å². The topological polar surface area (TPSA) is 252 Å². The van der Waals surface area contributed by atoms with Crippen molar-refractivity contribution in [2.45, 2.75) is 28.3 Å². The lowest BCUT2D eigenvalue weighted by molar-refractivity contribution is -0.163. The van der Waals surface area contributed by atoms with Crippen molar-refractivity contribution in [1.29, 1.82) is 0 Å². The highest BCUT2D eigenvalue weighted by Crippen LogP contribution is 2.46. The molecule has 6 N–H and O–H groups in total. The maximum atomic E-state index is 13.9. The van der Waals surface area contributed by atoms with Gasteiger partial charge < -0.3 is 36.2 Å². The Hall–Kier alpha value is -4.89. The molecule has 5 rings (SSSR count). The number of amides is 7. The Bertz CT molecular complexity index is 1690. The molecule has 0 radical (unpaired) electrons. The van der Waals surface area contributed by atoms with Crippen LogP contribution in [0.3, 0.4) is 0 Å². The van der Waals surface area contributed by atoms with Crippen molar-refractivity contribution in [3.63, 3.8) is 0 Å². The number of aromatic hydroxyl groups is 2. The Morgan fingerprint density at radius 2 is 1.94 bits per heavy atom. The molecule has 0 saturated carbocycles. The molecule has 47 heavy (non-hydrogen) atoms. The van der Waals surface area contributed by atoms with Gasteiger partial charge in [0.2, 0.25) is 18.0 Å². The minimum Gasteiger partial charge on any atom is -0.504 e. The predicted molar refractivity (Wildman–Crippen MR) is 163 cm³/mol. The van der Waals surface area contributed by atoms with E-state index < -0.39 is 64.2 Å². The van der Waals surface area contributed by atoms with Crippen molar-refractivity contribution >= 4 is 76.9 Å². The Labute approximate surface area is 277 Å². The van der Waals surface area contributed by atoms with Gasteiger partial charge in [-0.05, 0) is 30.2 Å². The third-order valence-corrected chi connectivity index (χ3v) is 10.8. The number of benzene rings is 1. The van der Waals surface area contributed by atoms with Gasteiger partial charge in [-0.3, -0.25) is 33.8 Å². The summed E-state index contributed by atoms with van der Waals surface area (Å²) in [4.78, 5) is 92.8. The van der Waals surface area contributed by atoms with E-state index in [1.54, 1.807) is 6.92 Å². The SMILES string of the molecule is CCN1CCN(C(=O)NC(C(=O)N[C@@]2(NC=O)C(=O)N3C(C(=O)O)=C(CSc4nncs4)CS[C@@H]32)c2ccc(O)c(O)c2)C(=O)C1=O. The summed E-state index contributed by atoms with van der Waals surface area (Å²) in [6.07, 6.45) is 0.151. The molecule has 1 unspecified atom stereocenters. The number of carbonyl (C=O) groups is 7. The van der Waals surface area contributed by atoms with Crippen LogP contribution in [-0.2, 0) is 28.8 Å². The zero-order valence-corrected chi connectivity index (χ0v) is 26.7. The smallest absolute Gasteiger partial charge is 0.352 e. The number of aliphatic carboxylic acids is 1. The fourth-order valence-corrected chi connectivity index (χ4v) is 8.19. The summed E-state index contributed by atoms with van der Waals surface area (Å²) in [7, 11) is 0. The molecule has 1 aromatic carbocycles. The molecule has 21 heteroatoms. The summed E-state index contributed by atoms with van der Waals surface area (Å²) in [5.41, 5.74) is -0.690. The van der Waals surface area contributed by atoms with Crippen molar-refractivity contribution in [3.05, 3.63) is 40.5 Å². The van der Waals surface area contributed by atoms with E-state index in [0.717, 1.165) is 28.8 Å². The van der Waals surface area contributed by atoms with E-state index in [-0.39, 0.29) is 48.8 Å². The van der Waals surface area contributed by atoms with Gasteiger partial charge in [-0.25, -0.2) is 9.59 Å². The first-order chi connectivity index (χ1) is 22.4. The average molecular weight is 707 g/mol. The number of rotatable bonds is 11. The predicted octanol–water partition coefficient (Wildman–Crippen LogP) is -1.00. The number of aromatic nitrogens is 2. The Kier molecular flexibility index (Phi) is 9.58. The van der Waals surface area contributed by atoms with E-state index >= 15 is 0 Å². The van der Waals surface area contributed by atoms with E-state index in [1.807, 2.05) is 0 Å². The van der Waals surface area contributed by atoms with Crippen LogP contribution in [0.1, 0.15) is 18.5 Å². The number of nitrogens with one attached hydrogen (secondary N) is 3. The largest absolute Gasteiger partial charge is 0.504 e. The number of phenolic OH excluding ortho intramolecular Hbond substituents is 2. The highest BCUT2D eigenvalue weighted by Gasteiger charge is 2.66. The summed E-state index contributed by atoms with van der Waals surface area (Å²) in [5.74, 6) is -6.51. The highest BCUT2D eigenvalue weighted by molar-refractivity contribution is 8.01. The maximum absolute atomic E-state index is 13.9. The molecule has 0 aliphatic carbocycles. The molecule has 2 aromatic rings. The number of likely N-dealkylation sites (N-methyl/N-ethyl adjacent to an activating group) is 1. The number of piperazine rings is 1. The number of urea groups is 1. The first-order valence-corrected chi connectivity index (χ1v) is 16.6. The van der Waals surface area contributed by atoms with Gasteiger partial charge in [0, 0.05) is 31.1 Å². The van der Waals surface area contributed by atoms with Gasteiger partial charge >= 0.3 is 23.8 Å². The second-order valence-corrected chi connectivity index (χ2v) is 13.2. The number of β-lactam (4-membered cyclic amide) rings is 1. The fraction of sp³-hybridized carbons (Fsp3) is 0.346. The lowest BCUT2D eigenvalue weighted by atomic mass is 9.94. The zero-order valence-electron chi connectivity index (χ0n) is 24.2. The quantitative estimate of drug-likeness (QED) is 0.0409. The van der Waals surface area contributed by atoms with Gasteiger partial charge in [-0.15, -0.1) is 22.0 Å². The van der Waals surface area contributed by atoms with E-state index in [4.69, 9.17) is 0 Å². The molecular weight excluding hydrogens is 681 g/mol. The third-order valence-electron chi connectivity index (χ3n) is 7.47. The van der Waals surface area contributed by atoms with E-state index in [9.17, 15) is 48.9 Å². The summed E-state index contributed by atoms with van der Waals surface area (Å²) in [6, 6.07) is 0.267. The lowest BCUT2D eigenvalue weighted by Crippen LogP contribution is -2.85. The van der Waals surface area contributed by atoms with Crippen LogP contribution in [0.5, 0.6) is 11.5 Å². The van der Waals surface area contributed by atoms with Crippen LogP contribution in [0, 0.1) is 0 Å². The molecule has 4 heterocycles. The van der Waals surface area contributed by atoms with Crippen molar-refractivity contribution in [2.24, 2.45) is 0 Å². The fourth-order valence-electron chi connectivity index (χ4n) is 5.14. The molecule has 3 atom stereocenters. The maximum Gasteiger partial charge on any atom is 0.352 e. The first-order valence-electron chi connectivity index (χ1n) is 13.7. The summed E-state index contributed by atoms with van der Waals surface area (Å²) < 4.78 is 0.584. The van der Waals surface area contributed by atoms with Crippen molar-refractivity contribution in [1.82, 2.24) is 40.8 Å². The Balaban J connectivity index is 1.42. The first kappa shape index (κ1) is 33.5. The van der Waals surface area contributed by atoms with Gasteiger partial charge in [0.15, 0.2) is 15.8 Å². The van der Waals surface area contributed by atoms with Gasteiger partial charge in [0.1, 0.15) is 22.6 Å². The number of fused-ring (bicyclic) bond motifs is 1. The van der Waals surface area contributed by atoms with Gasteiger partial charge in [-0.2, -0.15) is 0 Å². The number of hydrogen-bond acceptors (Lipinski definition) is 14. The standard InChI is InChI=1S/C26H26N8O10S3/c1-2-32-5-6-33(20(40)19(32)39)24(44)29-16(12-3-4-14(36)15(37)7-12)18(38)30-26(27-10-35)22(43)34-17(21(41)42)13(8-45-23(26)34)9-46-25-31-28-11-47-25/h3-4,7,10-11,16,23,36-37H,2,5-6,8-9H2,1H3,(H,27,35)(H,29,44)(H,30,38)(H,41,42)/t16?,23-,26+/m1/s1. The molecule has 7 amide bonds. The zero-order chi connectivity index (χ0) is 34.0. The summed E-state index contributed by atoms with van der Waals surface area (Å²) in [5, 5.41) is 43.5. The van der Waals surface area contributed by atoms with Gasteiger partial charge in [0.05, 0.1) is 0 Å². The normalized spacial score (nSPS) is 21.5.